The molecule has 2 heterocycles. The number of carbonyl (C=O) groups excluding carboxylic acids is 1. The molecule has 0 aromatic carbocycles. The van der Waals surface area contributed by atoms with E-state index in [4.69, 9.17) is 0 Å². The molecule has 1 atom stereocenters. The Morgan fingerprint density at radius 3 is 2.94 bits per heavy atom. The standard InChI is InChI=1S/C13H19BrN2O2/c1-9(2)16-7-10(14)6-12(16)13(18)15-5-3-4-11(15)8-17/h6-7,9,11,17H,3-5,8H2,1-2H3. The van der Waals surface area contributed by atoms with Crippen LogP contribution in [0.4, 0.5) is 0 Å². The number of carbonyl (C=O) groups is 1. The third-order valence-corrected chi connectivity index (χ3v) is 3.87. The second kappa shape index (κ2) is 5.45. The molecular formula is C13H19BrN2O2. The molecule has 1 N–H and O–H groups in total. The monoisotopic (exact) mass is 314 g/mol. The average molecular weight is 315 g/mol. The minimum absolute atomic E-state index is 0.0194. The van der Waals surface area contributed by atoms with E-state index in [-0.39, 0.29) is 24.6 Å². The molecule has 0 aliphatic carbocycles. The molecule has 0 radical (unpaired) electrons. The van der Waals surface area contributed by atoms with Crippen molar-refractivity contribution < 1.29 is 9.90 Å². The van der Waals surface area contributed by atoms with Gasteiger partial charge in [-0.3, -0.25) is 4.79 Å². The van der Waals surface area contributed by atoms with Crippen LogP contribution in [0, 0.1) is 0 Å². The fraction of sp³-hybridized carbons (Fsp3) is 0.615. The Kier molecular flexibility index (Phi) is 4.12. The molecule has 1 aliphatic rings. The Balaban J connectivity index is 2.28. The van der Waals surface area contributed by atoms with Crippen LogP contribution < -0.4 is 0 Å². The zero-order chi connectivity index (χ0) is 13.3. The van der Waals surface area contributed by atoms with Crippen LogP contribution in [0.5, 0.6) is 0 Å². The Morgan fingerprint density at radius 2 is 2.33 bits per heavy atom. The van der Waals surface area contributed by atoms with Gasteiger partial charge in [0, 0.05) is 23.3 Å². The molecule has 1 unspecified atom stereocenters. The zero-order valence-corrected chi connectivity index (χ0v) is 12.4. The molecular weight excluding hydrogens is 296 g/mol. The lowest BCUT2D eigenvalue weighted by molar-refractivity contribution is 0.0665. The summed E-state index contributed by atoms with van der Waals surface area (Å²) in [5.41, 5.74) is 0.692. The van der Waals surface area contributed by atoms with E-state index in [1.54, 1.807) is 4.90 Å². The van der Waals surface area contributed by atoms with Gasteiger partial charge in [-0.15, -0.1) is 0 Å². The minimum atomic E-state index is -0.0215. The molecule has 4 nitrogen and oxygen atoms in total. The molecule has 1 fully saturated rings. The summed E-state index contributed by atoms with van der Waals surface area (Å²) in [7, 11) is 0. The van der Waals surface area contributed by atoms with Crippen LogP contribution in [0.3, 0.4) is 0 Å². The van der Waals surface area contributed by atoms with Gasteiger partial charge in [-0.1, -0.05) is 0 Å². The molecule has 0 spiro atoms. The number of amides is 1. The molecule has 1 aromatic rings. The highest BCUT2D eigenvalue weighted by Gasteiger charge is 2.30. The largest absolute Gasteiger partial charge is 0.394 e. The zero-order valence-electron chi connectivity index (χ0n) is 10.8. The lowest BCUT2D eigenvalue weighted by Crippen LogP contribution is -2.38. The summed E-state index contributed by atoms with van der Waals surface area (Å²) >= 11 is 3.42. The maximum absolute atomic E-state index is 12.5. The van der Waals surface area contributed by atoms with Crippen molar-refractivity contribution in [3.05, 3.63) is 22.4 Å². The molecule has 2 rings (SSSR count). The number of rotatable bonds is 3. The predicted molar refractivity (Wildman–Crippen MR) is 73.7 cm³/mol. The van der Waals surface area contributed by atoms with E-state index in [1.807, 2.05) is 16.8 Å². The van der Waals surface area contributed by atoms with Crippen molar-refractivity contribution in [1.82, 2.24) is 9.47 Å². The van der Waals surface area contributed by atoms with E-state index in [2.05, 4.69) is 29.8 Å². The van der Waals surface area contributed by atoms with Crippen LogP contribution in [0.2, 0.25) is 0 Å². The number of aliphatic hydroxyl groups is 1. The van der Waals surface area contributed by atoms with Crippen LogP contribution in [0.25, 0.3) is 0 Å². The van der Waals surface area contributed by atoms with Gasteiger partial charge in [0.2, 0.25) is 0 Å². The smallest absolute Gasteiger partial charge is 0.270 e. The van der Waals surface area contributed by atoms with Crippen molar-refractivity contribution >= 4 is 21.8 Å². The van der Waals surface area contributed by atoms with Crippen LogP contribution in [0.1, 0.15) is 43.2 Å². The summed E-state index contributed by atoms with van der Waals surface area (Å²) in [6, 6.07) is 2.08. The summed E-state index contributed by atoms with van der Waals surface area (Å²) in [6.07, 6.45) is 3.80. The SMILES string of the molecule is CC(C)n1cc(Br)cc1C(=O)N1CCCC1CO. The minimum Gasteiger partial charge on any atom is -0.394 e. The molecule has 0 saturated carbocycles. The normalized spacial score (nSPS) is 19.8. The van der Waals surface area contributed by atoms with E-state index < -0.39 is 0 Å². The van der Waals surface area contributed by atoms with Crippen LogP contribution in [-0.2, 0) is 0 Å². The molecule has 5 heteroatoms. The van der Waals surface area contributed by atoms with Crippen molar-refractivity contribution in [3.8, 4) is 0 Å². The highest BCUT2D eigenvalue weighted by Crippen LogP contribution is 2.24. The number of hydrogen-bond acceptors (Lipinski definition) is 2. The maximum Gasteiger partial charge on any atom is 0.270 e. The second-order valence-corrected chi connectivity index (χ2v) is 5.94. The number of hydrogen-bond donors (Lipinski definition) is 1. The first-order valence-electron chi connectivity index (χ1n) is 6.33. The molecule has 100 valence electrons. The number of nitrogens with zero attached hydrogens (tertiary/aromatic N) is 2. The van der Waals surface area contributed by atoms with Gasteiger partial charge in [-0.25, -0.2) is 0 Å². The van der Waals surface area contributed by atoms with E-state index in [1.165, 1.54) is 0 Å². The highest BCUT2D eigenvalue weighted by atomic mass is 79.9. The molecule has 0 bridgehead atoms. The van der Waals surface area contributed by atoms with Crippen molar-refractivity contribution in [3.63, 3.8) is 0 Å². The third kappa shape index (κ3) is 2.47. The first-order chi connectivity index (χ1) is 8.54. The van der Waals surface area contributed by atoms with E-state index in [0.29, 0.717) is 5.69 Å². The predicted octanol–water partition coefficient (Wildman–Crippen LogP) is 2.43. The fourth-order valence-electron chi connectivity index (χ4n) is 2.48. The Labute approximate surface area is 116 Å². The quantitative estimate of drug-likeness (QED) is 0.931. The highest BCUT2D eigenvalue weighted by molar-refractivity contribution is 9.10. The van der Waals surface area contributed by atoms with Gasteiger partial charge in [-0.2, -0.15) is 0 Å². The number of aliphatic hydroxyl groups excluding tert-OH is 1. The third-order valence-electron chi connectivity index (χ3n) is 3.44. The van der Waals surface area contributed by atoms with Gasteiger partial charge in [-0.05, 0) is 48.7 Å². The Morgan fingerprint density at radius 1 is 1.61 bits per heavy atom. The van der Waals surface area contributed by atoms with Crippen molar-refractivity contribution in [1.29, 1.82) is 0 Å². The van der Waals surface area contributed by atoms with Gasteiger partial charge in [0.25, 0.3) is 5.91 Å². The van der Waals surface area contributed by atoms with E-state index in [9.17, 15) is 9.90 Å². The molecule has 18 heavy (non-hydrogen) atoms. The lowest BCUT2D eigenvalue weighted by atomic mass is 10.2. The first-order valence-corrected chi connectivity index (χ1v) is 7.13. The average Bonchev–Trinajstić information content (AvgIpc) is 2.93. The lowest BCUT2D eigenvalue weighted by Gasteiger charge is -2.24. The van der Waals surface area contributed by atoms with Crippen LogP contribution >= 0.6 is 15.9 Å². The van der Waals surface area contributed by atoms with Crippen molar-refractivity contribution in [2.45, 2.75) is 38.8 Å². The topological polar surface area (TPSA) is 45.5 Å². The van der Waals surface area contributed by atoms with Gasteiger partial charge >= 0.3 is 0 Å². The van der Waals surface area contributed by atoms with Crippen molar-refractivity contribution in [2.75, 3.05) is 13.2 Å². The van der Waals surface area contributed by atoms with Gasteiger partial charge in [0.15, 0.2) is 0 Å². The van der Waals surface area contributed by atoms with Gasteiger partial charge in [0.05, 0.1) is 12.6 Å². The van der Waals surface area contributed by atoms with Crippen molar-refractivity contribution in [2.24, 2.45) is 0 Å². The molecule has 1 amide bonds. The maximum atomic E-state index is 12.5. The van der Waals surface area contributed by atoms with E-state index >= 15 is 0 Å². The Bertz CT molecular complexity index is 442. The second-order valence-electron chi connectivity index (χ2n) is 5.02. The molecule has 1 saturated heterocycles. The Hall–Kier alpha value is -0.810. The summed E-state index contributed by atoms with van der Waals surface area (Å²) in [6.45, 7) is 4.90. The summed E-state index contributed by atoms with van der Waals surface area (Å²) in [5, 5.41) is 9.31. The van der Waals surface area contributed by atoms with Crippen LogP contribution in [0.15, 0.2) is 16.7 Å². The molecule has 1 aliphatic heterocycles. The number of aromatic nitrogens is 1. The van der Waals surface area contributed by atoms with E-state index in [0.717, 1.165) is 23.9 Å². The summed E-state index contributed by atoms with van der Waals surface area (Å²) in [5.74, 6) is 0.0194. The fourth-order valence-corrected chi connectivity index (χ4v) is 2.92. The van der Waals surface area contributed by atoms with Crippen LogP contribution in [-0.4, -0.2) is 39.7 Å². The first kappa shape index (κ1) is 13.6. The number of halogens is 1. The molecule has 1 aromatic heterocycles. The number of likely N-dealkylation sites (tertiary alicyclic amines) is 1. The van der Waals surface area contributed by atoms with Gasteiger partial charge < -0.3 is 14.6 Å². The summed E-state index contributed by atoms with van der Waals surface area (Å²) < 4.78 is 2.89. The van der Waals surface area contributed by atoms with Gasteiger partial charge in [0.1, 0.15) is 5.69 Å². The summed E-state index contributed by atoms with van der Waals surface area (Å²) in [4.78, 5) is 14.3.